The standard InChI is InChI=1S/C33H60N4O6.C32H58N4O5/c1-22(38)15-35-24(40)33(42-30(35,10)11)20-28(6,7)37(29(8,9)21-33)17-23(39)16-36-25(41)32(43-31(36,12)13)18-26(2,3)34(14)27(4,5)19-32;1-15-34-23(38)32(40-29(34,10)11)20-27(6,7)36(28(8,9)21-32)17-22(37)16-35-24(39)31(41-30(35,12)13)18-25(2,3)33(14)26(4,5)19-31/h22-23,38-39H,15-21H2,1-14H3;22,37H,15-21H2,1-14H3. The van der Waals surface area contributed by atoms with Gasteiger partial charge in [0.2, 0.25) is 0 Å². The molecule has 0 aromatic carbocycles. The predicted octanol–water partition coefficient (Wildman–Crippen LogP) is 7.30. The Kier molecular flexibility index (Phi) is 17.0. The highest BCUT2D eigenvalue weighted by molar-refractivity contribution is 5.90. The maximum atomic E-state index is 14.2. The van der Waals surface area contributed by atoms with E-state index in [1.54, 1.807) is 21.6 Å². The lowest BCUT2D eigenvalue weighted by Crippen LogP contribution is -2.69. The SMILES string of the molecule is CC(O)CN1C(=O)C2(CC(C)(C)N(CC(O)CN3C(=O)C4(CC(C)(C)N(C)C(C)(C)C4)OC3(C)C)C(C)(C)C2)OC1(C)C.CCN1C(=O)C2(CC(C)(C)N(CC(O)CN3C(=O)C4(CC(C)(C)N(C)C(C)(C)C4)OC3(C)C)C(C)(C)C2)OC1(C)C. The van der Waals surface area contributed by atoms with Crippen molar-refractivity contribution in [3.05, 3.63) is 0 Å². The number of hydrogen-bond donors (Lipinski definition) is 3. The second-order valence-electron chi connectivity index (χ2n) is 34.4. The Morgan fingerprint density at radius 2 is 0.548 bits per heavy atom. The van der Waals surface area contributed by atoms with Gasteiger partial charge in [-0.1, -0.05) is 0 Å². The molecule has 8 aliphatic heterocycles. The lowest BCUT2D eigenvalue weighted by Gasteiger charge is -2.58. The van der Waals surface area contributed by atoms with Crippen LogP contribution >= 0.6 is 0 Å². The normalized spacial score (nSPS) is 31.7. The zero-order valence-electron chi connectivity index (χ0n) is 57.8. The van der Waals surface area contributed by atoms with E-state index in [4.69, 9.17) is 18.9 Å². The fourth-order valence-electron chi connectivity index (χ4n) is 18.8. The summed E-state index contributed by atoms with van der Waals surface area (Å²) in [5.74, 6) is -0.108. The molecule has 3 atom stereocenters. The molecule has 8 saturated heterocycles. The summed E-state index contributed by atoms with van der Waals surface area (Å²) in [5, 5.41) is 33.3. The Labute approximate surface area is 507 Å². The van der Waals surface area contributed by atoms with Crippen LogP contribution in [0.4, 0.5) is 0 Å². The van der Waals surface area contributed by atoms with Crippen LogP contribution in [-0.2, 0) is 38.1 Å². The van der Waals surface area contributed by atoms with Crippen LogP contribution in [0.2, 0.25) is 0 Å². The van der Waals surface area contributed by atoms with E-state index in [2.05, 4.69) is 144 Å². The lowest BCUT2D eigenvalue weighted by atomic mass is 9.70. The molecule has 8 rings (SSSR count). The van der Waals surface area contributed by atoms with E-state index in [0.717, 1.165) is 0 Å². The first-order valence-corrected chi connectivity index (χ1v) is 31.6. The molecule has 4 amide bonds. The quantitative estimate of drug-likeness (QED) is 0.187. The highest BCUT2D eigenvalue weighted by Gasteiger charge is 2.69. The highest BCUT2D eigenvalue weighted by Crippen LogP contribution is 2.56. The predicted molar refractivity (Wildman–Crippen MR) is 326 cm³/mol. The van der Waals surface area contributed by atoms with Gasteiger partial charge in [0.25, 0.3) is 23.6 Å². The number of aliphatic hydroxyl groups is 3. The highest BCUT2D eigenvalue weighted by atomic mass is 16.6. The van der Waals surface area contributed by atoms with Crippen LogP contribution in [0.15, 0.2) is 0 Å². The smallest absolute Gasteiger partial charge is 0.257 e. The summed E-state index contributed by atoms with van der Waals surface area (Å²) >= 11 is 0. The molecule has 0 aliphatic carbocycles. The Hall–Kier alpha value is -2.56. The van der Waals surface area contributed by atoms with Crippen molar-refractivity contribution >= 4 is 23.6 Å². The molecule has 3 N–H and O–H groups in total. The molecule has 84 heavy (non-hydrogen) atoms. The Balaban J connectivity index is 0.000000241. The molecule has 8 aliphatic rings. The van der Waals surface area contributed by atoms with Crippen LogP contribution in [0, 0.1) is 0 Å². The number of amides is 4. The van der Waals surface area contributed by atoms with Crippen LogP contribution in [0.3, 0.4) is 0 Å². The van der Waals surface area contributed by atoms with Gasteiger partial charge in [-0.2, -0.15) is 0 Å². The third kappa shape index (κ3) is 11.8. The van der Waals surface area contributed by atoms with Crippen molar-refractivity contribution in [3.63, 3.8) is 0 Å². The van der Waals surface area contributed by atoms with Crippen LogP contribution in [0.25, 0.3) is 0 Å². The molecule has 3 unspecified atom stereocenters. The fraction of sp³-hybridized carbons (Fsp3) is 0.938. The molecule has 4 spiro atoms. The first kappa shape index (κ1) is 68.9. The third-order valence-electron chi connectivity index (χ3n) is 21.6. The van der Waals surface area contributed by atoms with E-state index >= 15 is 0 Å². The van der Waals surface area contributed by atoms with Crippen molar-refractivity contribution in [1.82, 2.24) is 39.2 Å². The molecule has 19 nitrogen and oxygen atoms in total. The molecule has 8 fully saturated rings. The number of ether oxygens (including phenoxy) is 4. The van der Waals surface area contributed by atoms with Crippen LogP contribution in [0.1, 0.15) is 231 Å². The van der Waals surface area contributed by atoms with E-state index in [-0.39, 0.29) is 65.4 Å². The van der Waals surface area contributed by atoms with Crippen molar-refractivity contribution in [2.45, 2.75) is 339 Å². The number of hydrogen-bond acceptors (Lipinski definition) is 15. The van der Waals surface area contributed by atoms with Gasteiger partial charge < -0.3 is 53.9 Å². The molecular formula is C65H118N8O11. The minimum atomic E-state index is -1.02. The number of carbonyl (C=O) groups excluding carboxylic acids is 4. The number of piperidine rings is 4. The number of carbonyl (C=O) groups is 4. The Morgan fingerprint density at radius 1 is 0.345 bits per heavy atom. The number of β-amino-alcohol motifs (C(OH)–C–C–N with tert-alkyl or cyclic N) is 3. The van der Waals surface area contributed by atoms with E-state index < -0.39 is 85.8 Å². The average molecular weight is 1190 g/mol. The van der Waals surface area contributed by atoms with Gasteiger partial charge >= 0.3 is 0 Å². The summed E-state index contributed by atoms with van der Waals surface area (Å²) in [7, 11) is 4.23. The van der Waals surface area contributed by atoms with Gasteiger partial charge in [0.15, 0.2) is 22.4 Å². The van der Waals surface area contributed by atoms with E-state index in [0.29, 0.717) is 71.0 Å². The minimum absolute atomic E-state index is 0.0289. The Morgan fingerprint density at radius 3 is 0.762 bits per heavy atom. The molecule has 0 saturated carbocycles. The van der Waals surface area contributed by atoms with Crippen molar-refractivity contribution in [3.8, 4) is 0 Å². The first-order chi connectivity index (χ1) is 37.4. The summed E-state index contributed by atoms with van der Waals surface area (Å²) in [6.45, 7) is 55.2. The van der Waals surface area contributed by atoms with Crippen molar-refractivity contribution in [2.24, 2.45) is 0 Å². The van der Waals surface area contributed by atoms with Gasteiger partial charge in [-0.05, 0) is 194 Å². The summed E-state index contributed by atoms with van der Waals surface area (Å²) in [5.41, 5.74) is -9.74. The fourth-order valence-corrected chi connectivity index (χ4v) is 18.8. The van der Waals surface area contributed by atoms with Crippen LogP contribution in [0.5, 0.6) is 0 Å². The molecule has 0 radical (unpaired) electrons. The lowest BCUT2D eigenvalue weighted by molar-refractivity contribution is -0.191. The van der Waals surface area contributed by atoms with Gasteiger partial charge in [0.05, 0.1) is 31.4 Å². The van der Waals surface area contributed by atoms with Crippen LogP contribution in [-0.4, -0.2) is 239 Å². The monoisotopic (exact) mass is 1190 g/mol. The molecule has 19 heteroatoms. The molecular weight excluding hydrogens is 1070 g/mol. The van der Waals surface area contributed by atoms with Gasteiger partial charge in [-0.15, -0.1) is 0 Å². The maximum absolute atomic E-state index is 14.2. The van der Waals surface area contributed by atoms with Crippen molar-refractivity contribution in [1.29, 1.82) is 0 Å². The van der Waals surface area contributed by atoms with E-state index in [1.165, 1.54) is 0 Å². The first-order valence-electron chi connectivity index (χ1n) is 31.6. The third-order valence-corrected chi connectivity index (χ3v) is 21.6. The number of likely N-dealkylation sites (N-methyl/N-ethyl adjacent to an activating group) is 1. The number of aliphatic hydroxyl groups excluding tert-OH is 3. The summed E-state index contributed by atoms with van der Waals surface area (Å²) in [6.07, 6.45) is 2.06. The molecule has 484 valence electrons. The molecule has 0 aromatic rings. The second-order valence-corrected chi connectivity index (χ2v) is 34.4. The summed E-state index contributed by atoms with van der Waals surface area (Å²) < 4.78 is 26.5. The second kappa shape index (κ2) is 20.7. The number of nitrogens with zero attached hydrogens (tertiary/aromatic N) is 8. The van der Waals surface area contributed by atoms with E-state index in [1.807, 2.05) is 67.2 Å². The van der Waals surface area contributed by atoms with Gasteiger partial charge in [0.1, 0.15) is 22.9 Å². The van der Waals surface area contributed by atoms with Crippen molar-refractivity contribution < 1.29 is 53.4 Å². The maximum Gasteiger partial charge on any atom is 0.257 e. The van der Waals surface area contributed by atoms with Gasteiger partial charge in [-0.25, -0.2) is 0 Å². The van der Waals surface area contributed by atoms with Crippen LogP contribution < -0.4 is 0 Å². The zero-order chi connectivity index (χ0) is 64.4. The Bertz CT molecular complexity index is 2470. The number of rotatable bonds is 11. The van der Waals surface area contributed by atoms with E-state index in [9.17, 15) is 34.5 Å². The topological polar surface area (TPSA) is 192 Å². The largest absolute Gasteiger partial charge is 0.392 e. The molecule has 0 aromatic heterocycles. The average Bonchev–Trinajstić information content (AvgIpc) is 1.68. The molecule has 0 bridgehead atoms. The van der Waals surface area contributed by atoms with Gasteiger partial charge in [-0.3, -0.25) is 38.8 Å². The molecule has 8 heterocycles. The number of likely N-dealkylation sites (tertiary alicyclic amines) is 4. The minimum Gasteiger partial charge on any atom is -0.392 e. The van der Waals surface area contributed by atoms with Gasteiger partial charge in [0, 0.05) is 122 Å². The zero-order valence-corrected chi connectivity index (χ0v) is 57.8. The summed E-state index contributed by atoms with van der Waals surface area (Å²) in [4.78, 5) is 72.3. The summed E-state index contributed by atoms with van der Waals surface area (Å²) in [6, 6.07) is 0. The van der Waals surface area contributed by atoms with Crippen molar-refractivity contribution in [2.75, 3.05) is 53.4 Å².